The Kier molecular flexibility index (Phi) is 5.81. The highest BCUT2D eigenvalue weighted by molar-refractivity contribution is 7.99. The molecule has 3 aromatic carbocycles. The van der Waals surface area contributed by atoms with Crippen LogP contribution < -0.4 is 10.1 Å². The van der Waals surface area contributed by atoms with E-state index in [1.54, 1.807) is 7.11 Å². The molecule has 0 bridgehead atoms. The van der Waals surface area contributed by atoms with Gasteiger partial charge in [-0.05, 0) is 35.4 Å². The minimum absolute atomic E-state index is 0.0954. The molecule has 29 heavy (non-hydrogen) atoms. The number of thioether (sulfide) groups is 1. The number of amides is 1. The normalized spacial score (nSPS) is 11.9. The van der Waals surface area contributed by atoms with Gasteiger partial charge in [0.2, 0.25) is 5.91 Å². The largest absolute Gasteiger partial charge is 0.497 e. The van der Waals surface area contributed by atoms with Gasteiger partial charge in [0.25, 0.3) is 5.22 Å². The molecule has 1 amide bonds. The van der Waals surface area contributed by atoms with Gasteiger partial charge in [-0.3, -0.25) is 4.79 Å². The summed E-state index contributed by atoms with van der Waals surface area (Å²) in [5.41, 5.74) is 3.50. The van der Waals surface area contributed by atoms with Crippen molar-refractivity contribution in [1.29, 1.82) is 0 Å². The molecule has 146 valence electrons. The Morgan fingerprint density at radius 3 is 2.41 bits per heavy atom. The molecule has 0 aliphatic heterocycles. The fraction of sp³-hybridized carbons (Fsp3) is 0.130. The van der Waals surface area contributed by atoms with E-state index < -0.39 is 0 Å². The summed E-state index contributed by atoms with van der Waals surface area (Å²) >= 11 is 1.28. The molecule has 0 saturated carbocycles. The van der Waals surface area contributed by atoms with Crippen LogP contribution in [0.5, 0.6) is 5.75 Å². The van der Waals surface area contributed by atoms with Crippen LogP contribution >= 0.6 is 11.8 Å². The van der Waals surface area contributed by atoms with Gasteiger partial charge in [-0.2, -0.15) is 0 Å². The third-order valence-corrected chi connectivity index (χ3v) is 5.32. The lowest BCUT2D eigenvalue weighted by molar-refractivity contribution is -0.119. The van der Waals surface area contributed by atoms with Gasteiger partial charge in [-0.15, -0.1) is 0 Å². The molecule has 0 unspecified atom stereocenters. The van der Waals surface area contributed by atoms with Crippen LogP contribution in [0.1, 0.15) is 17.2 Å². The zero-order chi connectivity index (χ0) is 20.1. The fourth-order valence-corrected chi connectivity index (χ4v) is 3.69. The minimum Gasteiger partial charge on any atom is -0.497 e. The predicted octanol–water partition coefficient (Wildman–Crippen LogP) is 4.83. The summed E-state index contributed by atoms with van der Waals surface area (Å²) in [5.74, 6) is 0.895. The van der Waals surface area contributed by atoms with Crippen molar-refractivity contribution < 1.29 is 13.9 Å². The molecule has 1 N–H and O–H groups in total. The summed E-state index contributed by atoms with van der Waals surface area (Å²) in [7, 11) is 1.63. The fourth-order valence-electron chi connectivity index (χ4n) is 3.04. The molecule has 1 atom stereocenters. The maximum atomic E-state index is 12.7. The van der Waals surface area contributed by atoms with E-state index in [9.17, 15) is 4.79 Å². The number of ether oxygens (including phenoxy) is 1. The molecule has 6 heteroatoms. The van der Waals surface area contributed by atoms with E-state index >= 15 is 0 Å². The number of benzene rings is 3. The Hall–Kier alpha value is -3.25. The lowest BCUT2D eigenvalue weighted by atomic mass is 9.98. The number of aromatic nitrogens is 1. The maximum absolute atomic E-state index is 12.7. The highest BCUT2D eigenvalue weighted by Crippen LogP contribution is 2.26. The van der Waals surface area contributed by atoms with Gasteiger partial charge in [0.1, 0.15) is 11.3 Å². The lowest BCUT2D eigenvalue weighted by Gasteiger charge is -2.20. The van der Waals surface area contributed by atoms with Gasteiger partial charge < -0.3 is 14.5 Å². The van der Waals surface area contributed by atoms with E-state index in [1.165, 1.54) is 11.8 Å². The highest BCUT2D eigenvalue weighted by Gasteiger charge is 2.18. The first-order chi connectivity index (χ1) is 14.2. The zero-order valence-electron chi connectivity index (χ0n) is 15.9. The van der Waals surface area contributed by atoms with E-state index in [2.05, 4.69) is 10.3 Å². The minimum atomic E-state index is -0.251. The van der Waals surface area contributed by atoms with Gasteiger partial charge in [-0.25, -0.2) is 4.98 Å². The van der Waals surface area contributed by atoms with Gasteiger partial charge >= 0.3 is 0 Å². The number of hydrogen-bond acceptors (Lipinski definition) is 5. The molecule has 0 radical (unpaired) electrons. The molecule has 0 aliphatic carbocycles. The van der Waals surface area contributed by atoms with Gasteiger partial charge in [0, 0.05) is 0 Å². The third kappa shape index (κ3) is 4.60. The number of rotatable bonds is 7. The van der Waals surface area contributed by atoms with Crippen LogP contribution in [-0.2, 0) is 4.79 Å². The Balaban J connectivity index is 1.48. The molecule has 0 saturated heterocycles. The van der Waals surface area contributed by atoms with Crippen LogP contribution in [-0.4, -0.2) is 23.8 Å². The van der Waals surface area contributed by atoms with E-state index in [1.807, 2.05) is 78.9 Å². The number of carbonyl (C=O) groups excluding carboxylic acids is 1. The van der Waals surface area contributed by atoms with Gasteiger partial charge in [-0.1, -0.05) is 66.4 Å². The van der Waals surface area contributed by atoms with Crippen LogP contribution in [0.2, 0.25) is 0 Å². The molecule has 4 aromatic rings. The average Bonchev–Trinajstić information content (AvgIpc) is 3.20. The van der Waals surface area contributed by atoms with E-state index in [-0.39, 0.29) is 17.7 Å². The van der Waals surface area contributed by atoms with Crippen molar-refractivity contribution in [1.82, 2.24) is 10.3 Å². The predicted molar refractivity (Wildman–Crippen MR) is 114 cm³/mol. The molecule has 0 fully saturated rings. The number of nitrogens with zero attached hydrogens (tertiary/aromatic N) is 1. The van der Waals surface area contributed by atoms with Crippen molar-refractivity contribution in [3.63, 3.8) is 0 Å². The second-order valence-electron chi connectivity index (χ2n) is 6.42. The quantitative estimate of drug-likeness (QED) is 0.447. The molecule has 1 aromatic heterocycles. The first-order valence-electron chi connectivity index (χ1n) is 9.19. The van der Waals surface area contributed by atoms with Gasteiger partial charge in [0.05, 0.1) is 18.9 Å². The lowest BCUT2D eigenvalue weighted by Crippen LogP contribution is -2.30. The number of nitrogens with one attached hydrogen (secondary N) is 1. The number of methoxy groups -OCH3 is 1. The average molecular weight is 404 g/mol. The highest BCUT2D eigenvalue weighted by atomic mass is 32.2. The zero-order valence-corrected chi connectivity index (χ0v) is 16.7. The smallest absolute Gasteiger partial charge is 0.257 e. The number of oxazole rings is 1. The molecular formula is C23H20N2O3S. The summed E-state index contributed by atoms with van der Waals surface area (Å²) in [6.45, 7) is 0. The van der Waals surface area contributed by atoms with Crippen LogP contribution in [0.4, 0.5) is 0 Å². The molecule has 0 spiro atoms. The molecule has 0 aliphatic rings. The Labute approximate surface area is 173 Å². The monoisotopic (exact) mass is 404 g/mol. The van der Waals surface area contributed by atoms with Crippen LogP contribution in [0.15, 0.2) is 88.5 Å². The standard InChI is InChI=1S/C23H20N2O3S/c1-27-18-13-11-17(12-14-18)22(16-7-3-2-4-8-16)25-21(26)15-29-23-24-19-9-5-6-10-20(19)28-23/h2-14,22H,15H2,1H3,(H,25,26)/t22-/m0/s1. The SMILES string of the molecule is COc1ccc([C@@H](NC(=O)CSc2nc3ccccc3o2)c2ccccc2)cc1. The topological polar surface area (TPSA) is 64.4 Å². The van der Waals surface area contributed by atoms with Gasteiger partial charge in [0.15, 0.2) is 5.58 Å². The van der Waals surface area contributed by atoms with Crippen molar-refractivity contribution in [2.75, 3.05) is 12.9 Å². The summed E-state index contributed by atoms with van der Waals surface area (Å²) in [5, 5.41) is 3.61. The Morgan fingerprint density at radius 1 is 1.00 bits per heavy atom. The number of para-hydroxylation sites is 2. The molecular weight excluding hydrogens is 384 g/mol. The second-order valence-corrected chi connectivity index (χ2v) is 7.35. The van der Waals surface area contributed by atoms with Crippen molar-refractivity contribution in [2.45, 2.75) is 11.3 Å². The Morgan fingerprint density at radius 2 is 1.69 bits per heavy atom. The van der Waals surface area contributed by atoms with Crippen molar-refractivity contribution in [3.05, 3.63) is 90.0 Å². The van der Waals surface area contributed by atoms with Crippen molar-refractivity contribution >= 4 is 28.8 Å². The summed E-state index contributed by atoms with van der Waals surface area (Å²) < 4.78 is 10.9. The number of carbonyl (C=O) groups is 1. The number of hydrogen-bond donors (Lipinski definition) is 1. The second kappa shape index (κ2) is 8.84. The number of fused-ring (bicyclic) bond motifs is 1. The molecule has 1 heterocycles. The van der Waals surface area contributed by atoms with Crippen molar-refractivity contribution in [2.24, 2.45) is 0 Å². The molecule has 4 rings (SSSR count). The van der Waals surface area contributed by atoms with E-state index in [0.29, 0.717) is 5.22 Å². The first kappa shape index (κ1) is 19.1. The first-order valence-corrected chi connectivity index (χ1v) is 10.2. The Bertz CT molecular complexity index is 1060. The van der Waals surface area contributed by atoms with Crippen LogP contribution in [0.25, 0.3) is 11.1 Å². The maximum Gasteiger partial charge on any atom is 0.257 e. The van der Waals surface area contributed by atoms with Crippen LogP contribution in [0, 0.1) is 0 Å². The van der Waals surface area contributed by atoms with E-state index in [4.69, 9.17) is 9.15 Å². The summed E-state index contributed by atoms with van der Waals surface area (Å²) in [4.78, 5) is 17.1. The summed E-state index contributed by atoms with van der Waals surface area (Å²) in [6.07, 6.45) is 0. The molecule has 5 nitrogen and oxygen atoms in total. The van der Waals surface area contributed by atoms with Crippen molar-refractivity contribution in [3.8, 4) is 5.75 Å². The third-order valence-electron chi connectivity index (χ3n) is 4.49. The summed E-state index contributed by atoms with van der Waals surface area (Å²) in [6, 6.07) is 24.9. The van der Waals surface area contributed by atoms with E-state index in [0.717, 1.165) is 28.0 Å². The van der Waals surface area contributed by atoms with Crippen LogP contribution in [0.3, 0.4) is 0 Å².